The molecule has 6 fully saturated rings. The Labute approximate surface area is 185 Å². The van der Waals surface area contributed by atoms with Gasteiger partial charge in [-0.25, -0.2) is 4.39 Å². The monoisotopic (exact) mass is 422 g/mol. The van der Waals surface area contributed by atoms with E-state index in [9.17, 15) is 4.79 Å². The summed E-state index contributed by atoms with van der Waals surface area (Å²) in [5.74, 6) is 4.25. The van der Waals surface area contributed by atoms with Crippen LogP contribution in [0.15, 0.2) is 12.1 Å². The highest BCUT2D eigenvalue weighted by Crippen LogP contribution is 2.78. The van der Waals surface area contributed by atoms with Crippen LogP contribution in [-0.4, -0.2) is 12.4 Å². The van der Waals surface area contributed by atoms with Crippen LogP contribution in [0.3, 0.4) is 0 Å². The number of benzene rings is 1. The Morgan fingerprint density at radius 2 is 1.94 bits per heavy atom. The summed E-state index contributed by atoms with van der Waals surface area (Å²) in [4.78, 5) is 13.1. The number of hydrogen-bond donors (Lipinski definition) is 0. The first kappa shape index (κ1) is 19.1. The molecule has 2 nitrogen and oxygen atoms in total. The fourth-order valence-corrected chi connectivity index (χ4v) is 9.20. The minimum absolute atomic E-state index is 0.00101. The lowest BCUT2D eigenvalue weighted by atomic mass is 9.55. The van der Waals surface area contributed by atoms with Gasteiger partial charge in [0.05, 0.1) is 12.2 Å². The number of ketones is 1. The van der Waals surface area contributed by atoms with Crippen molar-refractivity contribution in [2.75, 3.05) is 6.61 Å². The Kier molecular flexibility index (Phi) is 3.92. The van der Waals surface area contributed by atoms with Gasteiger partial charge in [-0.3, -0.25) is 4.79 Å². The molecule has 166 valence electrons. The minimum Gasteiger partial charge on any atom is -0.493 e. The second-order valence-electron chi connectivity index (χ2n) is 12.7. The maximum atomic E-state index is 15.2. The van der Waals surface area contributed by atoms with E-state index in [-0.39, 0.29) is 17.5 Å². The molecule has 3 bridgehead atoms. The van der Waals surface area contributed by atoms with Crippen LogP contribution in [0.25, 0.3) is 0 Å². The topological polar surface area (TPSA) is 26.3 Å². The Morgan fingerprint density at radius 1 is 1.06 bits per heavy atom. The molecule has 6 aliphatic rings. The van der Waals surface area contributed by atoms with Crippen molar-refractivity contribution in [3.63, 3.8) is 0 Å². The predicted octanol–water partition coefficient (Wildman–Crippen LogP) is 6.92. The van der Waals surface area contributed by atoms with Gasteiger partial charge < -0.3 is 4.74 Å². The average Bonchev–Trinajstić information content (AvgIpc) is 3.41. The molecule has 31 heavy (non-hydrogen) atoms. The third-order valence-corrected chi connectivity index (χ3v) is 10.6. The summed E-state index contributed by atoms with van der Waals surface area (Å²) in [5.41, 5.74) is 2.40. The third-order valence-electron chi connectivity index (χ3n) is 10.6. The van der Waals surface area contributed by atoms with Gasteiger partial charge in [0.15, 0.2) is 5.78 Å². The van der Waals surface area contributed by atoms with Crippen LogP contribution in [0.2, 0.25) is 0 Å². The first-order chi connectivity index (χ1) is 14.9. The molecule has 6 aliphatic carbocycles. The van der Waals surface area contributed by atoms with Crippen molar-refractivity contribution in [1.29, 1.82) is 0 Å². The number of ether oxygens (including phenoxy) is 1. The van der Waals surface area contributed by atoms with Gasteiger partial charge in [0, 0.05) is 17.4 Å². The minimum atomic E-state index is -0.365. The molecule has 7 unspecified atom stereocenters. The summed E-state index contributed by atoms with van der Waals surface area (Å²) in [6.07, 6.45) is 13.6. The van der Waals surface area contributed by atoms with E-state index in [2.05, 4.69) is 6.92 Å². The van der Waals surface area contributed by atoms with E-state index in [1.165, 1.54) is 38.5 Å². The number of carbonyl (C=O) groups excluding carboxylic acids is 1. The molecule has 3 heteroatoms. The lowest BCUT2D eigenvalue weighted by molar-refractivity contribution is -0.00539. The Hall–Kier alpha value is -1.38. The quantitative estimate of drug-likeness (QED) is 0.465. The summed E-state index contributed by atoms with van der Waals surface area (Å²) < 4.78 is 21.7. The second kappa shape index (κ2) is 6.35. The number of fused-ring (bicyclic) bond motifs is 2. The van der Waals surface area contributed by atoms with Gasteiger partial charge in [-0.1, -0.05) is 6.92 Å². The van der Waals surface area contributed by atoms with Gasteiger partial charge in [0.1, 0.15) is 11.6 Å². The molecule has 0 N–H and O–H groups in total. The van der Waals surface area contributed by atoms with E-state index in [0.717, 1.165) is 67.8 Å². The van der Waals surface area contributed by atoms with Crippen molar-refractivity contribution in [3.8, 4) is 5.75 Å². The van der Waals surface area contributed by atoms with Crippen LogP contribution in [0, 0.1) is 46.2 Å². The van der Waals surface area contributed by atoms with Gasteiger partial charge in [-0.05, 0) is 117 Å². The fraction of sp³-hybridized carbons (Fsp3) is 0.750. The van der Waals surface area contributed by atoms with Crippen LogP contribution >= 0.6 is 0 Å². The first-order valence-corrected chi connectivity index (χ1v) is 13.0. The average molecular weight is 423 g/mol. The van der Waals surface area contributed by atoms with Gasteiger partial charge in [0.25, 0.3) is 0 Å². The van der Waals surface area contributed by atoms with E-state index in [0.29, 0.717) is 28.2 Å². The molecule has 1 aromatic rings. The van der Waals surface area contributed by atoms with Crippen molar-refractivity contribution in [2.45, 2.75) is 83.5 Å². The summed E-state index contributed by atoms with van der Waals surface area (Å²) in [7, 11) is 0. The summed E-state index contributed by atoms with van der Waals surface area (Å²) in [5, 5.41) is 0. The maximum absolute atomic E-state index is 15.2. The normalized spacial score (nSPS) is 44.4. The van der Waals surface area contributed by atoms with E-state index in [4.69, 9.17) is 4.74 Å². The zero-order valence-corrected chi connectivity index (χ0v) is 18.8. The highest BCUT2D eigenvalue weighted by Gasteiger charge is 2.70. The van der Waals surface area contributed by atoms with Crippen LogP contribution < -0.4 is 4.74 Å². The van der Waals surface area contributed by atoms with Crippen molar-refractivity contribution in [2.24, 2.45) is 40.4 Å². The molecule has 0 amide bonds. The van der Waals surface area contributed by atoms with Crippen LogP contribution in [0.5, 0.6) is 5.75 Å². The van der Waals surface area contributed by atoms with Gasteiger partial charge in [-0.2, -0.15) is 0 Å². The number of rotatable bonds is 6. The number of hydrogen-bond acceptors (Lipinski definition) is 2. The number of carbonyl (C=O) groups is 1. The summed E-state index contributed by atoms with van der Waals surface area (Å²) in [6, 6.07) is 3.45. The zero-order valence-electron chi connectivity index (χ0n) is 18.8. The molecule has 0 aliphatic heterocycles. The van der Waals surface area contributed by atoms with Crippen molar-refractivity contribution in [3.05, 3.63) is 29.1 Å². The van der Waals surface area contributed by atoms with Gasteiger partial charge in [0.2, 0.25) is 0 Å². The molecule has 1 aromatic carbocycles. The maximum Gasteiger partial charge on any atom is 0.168 e. The third kappa shape index (κ3) is 2.77. The first-order valence-electron chi connectivity index (χ1n) is 13.0. The summed E-state index contributed by atoms with van der Waals surface area (Å²) in [6.45, 7) is 2.95. The molecule has 6 saturated carbocycles. The molecule has 0 radical (unpaired) electrons. The Morgan fingerprint density at radius 3 is 2.71 bits per heavy atom. The second-order valence-corrected chi connectivity index (χ2v) is 12.7. The van der Waals surface area contributed by atoms with Crippen molar-refractivity contribution in [1.82, 2.24) is 0 Å². The SMILES string of the molecule is CC1CCC(C(=O)c2cc(C3CC3)c(OCC34CC5CC6CC(C3)C6(C5)C4)cc2F)C1. The fourth-order valence-electron chi connectivity index (χ4n) is 9.20. The van der Waals surface area contributed by atoms with Crippen molar-refractivity contribution >= 4 is 5.78 Å². The van der Waals surface area contributed by atoms with E-state index >= 15 is 4.39 Å². The highest BCUT2D eigenvalue weighted by molar-refractivity contribution is 5.98. The molecule has 0 heterocycles. The van der Waals surface area contributed by atoms with Crippen LogP contribution in [0.4, 0.5) is 4.39 Å². The summed E-state index contributed by atoms with van der Waals surface area (Å²) >= 11 is 0. The smallest absolute Gasteiger partial charge is 0.168 e. The standard InChI is InChI=1S/C28H35FO2/c1-16-2-3-19(6-16)26(30)23-9-22(18-4-5-18)25(10-24(23)29)31-15-27-11-17-7-20-8-21(13-27)28(20,12-17)14-27/h9-10,16-21H,2-8,11-15H2,1H3. The van der Waals surface area contributed by atoms with Crippen LogP contribution in [-0.2, 0) is 0 Å². The Balaban J connectivity index is 1.14. The predicted molar refractivity (Wildman–Crippen MR) is 118 cm³/mol. The van der Waals surface area contributed by atoms with Gasteiger partial charge >= 0.3 is 0 Å². The largest absolute Gasteiger partial charge is 0.493 e. The van der Waals surface area contributed by atoms with E-state index in [1.807, 2.05) is 6.07 Å². The number of Topliss-reactive ketones (excluding diaryl/α,β-unsaturated/α-hetero) is 1. The molecular weight excluding hydrogens is 387 g/mol. The zero-order chi connectivity index (χ0) is 21.0. The molecule has 7 atom stereocenters. The molecular formula is C28H35FO2. The molecule has 1 spiro atoms. The number of halogens is 1. The highest BCUT2D eigenvalue weighted by atomic mass is 19.1. The van der Waals surface area contributed by atoms with E-state index < -0.39 is 0 Å². The molecule has 0 saturated heterocycles. The van der Waals surface area contributed by atoms with Crippen LogP contribution in [0.1, 0.15) is 99.4 Å². The van der Waals surface area contributed by atoms with Crippen molar-refractivity contribution < 1.29 is 13.9 Å². The molecule has 0 aromatic heterocycles. The Bertz CT molecular complexity index is 947. The van der Waals surface area contributed by atoms with Gasteiger partial charge in [-0.15, -0.1) is 0 Å². The lowest BCUT2D eigenvalue weighted by Crippen LogP contribution is -2.42. The molecule has 7 rings (SSSR count). The lowest BCUT2D eigenvalue weighted by Gasteiger charge is -2.49. The van der Waals surface area contributed by atoms with E-state index in [1.54, 1.807) is 6.07 Å².